The van der Waals surface area contributed by atoms with Gasteiger partial charge in [0.1, 0.15) is 17.1 Å². The molecule has 0 unspecified atom stereocenters. The molecule has 1 atom stereocenters. The molecule has 6 rings (SSSR count). The number of rotatable bonds is 6. The van der Waals surface area contributed by atoms with Crippen LogP contribution in [0.1, 0.15) is 19.3 Å². The van der Waals surface area contributed by atoms with E-state index in [1.54, 1.807) is 7.11 Å². The Labute approximate surface area is 200 Å². The average molecular weight is 452 g/mol. The van der Waals surface area contributed by atoms with Gasteiger partial charge in [-0.15, -0.1) is 0 Å². The van der Waals surface area contributed by atoms with Crippen LogP contribution < -0.4 is 4.74 Å². The Kier molecular flexibility index (Phi) is 5.33. The smallest absolute Gasteiger partial charge is 0.225 e. The maximum Gasteiger partial charge on any atom is 0.225 e. The number of benzene rings is 3. The van der Waals surface area contributed by atoms with E-state index in [9.17, 15) is 4.79 Å². The van der Waals surface area contributed by atoms with Gasteiger partial charge in [-0.3, -0.25) is 4.79 Å². The van der Waals surface area contributed by atoms with Crippen LogP contribution in [0.25, 0.3) is 33.5 Å². The fourth-order valence-corrected chi connectivity index (χ4v) is 5.16. The maximum absolute atomic E-state index is 12.6. The number of imidazole rings is 1. The Hall–Kier alpha value is -3.60. The van der Waals surface area contributed by atoms with Gasteiger partial charge in [-0.1, -0.05) is 60.7 Å². The van der Waals surface area contributed by atoms with E-state index in [1.807, 2.05) is 18.2 Å². The summed E-state index contributed by atoms with van der Waals surface area (Å²) in [5.74, 6) is 2.81. The molecule has 0 N–H and O–H groups in total. The fraction of sp³-hybridized carbons (Fsp3) is 0.310. The highest BCUT2D eigenvalue weighted by molar-refractivity contribution is 5.86. The van der Waals surface area contributed by atoms with Gasteiger partial charge in [-0.2, -0.15) is 0 Å². The minimum absolute atomic E-state index is 0.288. The number of hydrogen-bond acceptors (Lipinski definition) is 3. The van der Waals surface area contributed by atoms with Crippen LogP contribution in [0.5, 0.6) is 5.75 Å². The third-order valence-corrected chi connectivity index (χ3v) is 7.18. The van der Waals surface area contributed by atoms with E-state index in [4.69, 9.17) is 9.72 Å². The molecule has 34 heavy (non-hydrogen) atoms. The summed E-state index contributed by atoms with van der Waals surface area (Å²) in [5.41, 5.74) is 5.44. The van der Waals surface area contributed by atoms with E-state index in [0.717, 1.165) is 67.1 Å². The van der Waals surface area contributed by atoms with Crippen LogP contribution in [0.4, 0.5) is 0 Å². The van der Waals surface area contributed by atoms with E-state index in [1.165, 1.54) is 11.1 Å². The largest absolute Gasteiger partial charge is 0.494 e. The van der Waals surface area contributed by atoms with Gasteiger partial charge in [0, 0.05) is 31.1 Å². The zero-order valence-corrected chi connectivity index (χ0v) is 19.5. The zero-order chi connectivity index (χ0) is 23.1. The van der Waals surface area contributed by atoms with Crippen molar-refractivity contribution in [2.24, 2.45) is 11.8 Å². The average Bonchev–Trinajstić information content (AvgIpc) is 3.53. The summed E-state index contributed by atoms with van der Waals surface area (Å²) in [6, 6.07) is 25.2. The van der Waals surface area contributed by atoms with Gasteiger partial charge in [0.25, 0.3) is 0 Å². The minimum Gasteiger partial charge on any atom is -0.494 e. The first-order valence-corrected chi connectivity index (χ1v) is 12.2. The molecule has 4 aromatic rings. The van der Waals surface area contributed by atoms with E-state index >= 15 is 0 Å². The summed E-state index contributed by atoms with van der Waals surface area (Å²) in [6.45, 7) is 2.55. The molecular formula is C29H29N3O2. The molecule has 172 valence electrons. The predicted octanol–water partition coefficient (Wildman–Crippen LogP) is 5.64. The zero-order valence-electron chi connectivity index (χ0n) is 19.5. The third kappa shape index (κ3) is 3.85. The molecule has 1 amide bonds. The maximum atomic E-state index is 12.6. The van der Waals surface area contributed by atoms with Crippen LogP contribution in [0.2, 0.25) is 0 Å². The van der Waals surface area contributed by atoms with Gasteiger partial charge < -0.3 is 14.2 Å². The van der Waals surface area contributed by atoms with Crippen molar-refractivity contribution in [3.63, 3.8) is 0 Å². The molecule has 2 fully saturated rings. The topological polar surface area (TPSA) is 47.4 Å². The summed E-state index contributed by atoms with van der Waals surface area (Å²) in [6.07, 6.45) is 3.17. The molecule has 0 spiro atoms. The molecule has 5 heteroatoms. The van der Waals surface area contributed by atoms with Crippen molar-refractivity contribution < 1.29 is 9.53 Å². The van der Waals surface area contributed by atoms with Crippen molar-refractivity contribution in [2.75, 3.05) is 20.2 Å². The van der Waals surface area contributed by atoms with Crippen LogP contribution in [-0.2, 0) is 11.3 Å². The van der Waals surface area contributed by atoms with Crippen molar-refractivity contribution in [1.29, 1.82) is 0 Å². The molecule has 1 aromatic heterocycles. The monoisotopic (exact) mass is 451 g/mol. The van der Waals surface area contributed by atoms with Crippen LogP contribution in [0.15, 0.2) is 72.8 Å². The summed E-state index contributed by atoms with van der Waals surface area (Å²) in [4.78, 5) is 19.7. The van der Waals surface area contributed by atoms with E-state index in [-0.39, 0.29) is 5.92 Å². The first-order valence-electron chi connectivity index (χ1n) is 12.2. The van der Waals surface area contributed by atoms with Crippen LogP contribution >= 0.6 is 0 Å². The van der Waals surface area contributed by atoms with Crippen molar-refractivity contribution >= 4 is 16.9 Å². The lowest BCUT2D eigenvalue weighted by atomic mass is 10.0. The predicted molar refractivity (Wildman–Crippen MR) is 135 cm³/mol. The molecule has 2 aliphatic rings. The second-order valence-electron chi connectivity index (χ2n) is 9.53. The van der Waals surface area contributed by atoms with Gasteiger partial charge in [-0.25, -0.2) is 4.98 Å². The Morgan fingerprint density at radius 1 is 0.912 bits per heavy atom. The SMILES string of the molecule is COc1cccc2c1nc(-c1ccc(-c3ccccc3)cc1)n2C[C@@H]1CCN(C(=O)C2CC2)C1. The summed E-state index contributed by atoms with van der Waals surface area (Å²) >= 11 is 0. The second kappa shape index (κ2) is 8.64. The number of para-hydroxylation sites is 1. The quantitative estimate of drug-likeness (QED) is 0.381. The van der Waals surface area contributed by atoms with Gasteiger partial charge in [0.2, 0.25) is 5.91 Å². The molecule has 2 heterocycles. The van der Waals surface area contributed by atoms with Crippen LogP contribution in [-0.4, -0.2) is 40.6 Å². The van der Waals surface area contributed by atoms with Gasteiger partial charge in [0.05, 0.1) is 12.6 Å². The molecule has 0 bridgehead atoms. The molecule has 0 radical (unpaired) electrons. The summed E-state index contributed by atoms with van der Waals surface area (Å²) in [5, 5.41) is 0. The van der Waals surface area contributed by atoms with E-state index in [2.05, 4.69) is 64.1 Å². The molecule has 1 aliphatic heterocycles. The standard InChI is InChI=1S/C29H29N3O2/c1-34-26-9-5-8-25-27(26)30-28(23-12-10-22(11-13-23)21-6-3-2-4-7-21)32(25)19-20-16-17-31(18-20)29(33)24-14-15-24/h2-13,20,24H,14-19H2,1H3/t20-/m1/s1. The Morgan fingerprint density at radius 3 is 2.38 bits per heavy atom. The molecule has 1 saturated heterocycles. The number of carbonyl (C=O) groups excluding carboxylic acids is 1. The van der Waals surface area contributed by atoms with Crippen LogP contribution in [0.3, 0.4) is 0 Å². The number of aromatic nitrogens is 2. The number of hydrogen-bond donors (Lipinski definition) is 0. The Bertz CT molecular complexity index is 1320. The number of methoxy groups -OCH3 is 1. The van der Waals surface area contributed by atoms with Crippen molar-refractivity contribution in [2.45, 2.75) is 25.8 Å². The first kappa shape index (κ1) is 21.0. The highest BCUT2D eigenvalue weighted by Gasteiger charge is 2.36. The number of amides is 1. The lowest BCUT2D eigenvalue weighted by Gasteiger charge is -2.18. The lowest BCUT2D eigenvalue weighted by molar-refractivity contribution is -0.131. The third-order valence-electron chi connectivity index (χ3n) is 7.18. The number of carbonyl (C=O) groups is 1. The highest BCUT2D eigenvalue weighted by atomic mass is 16.5. The molecule has 3 aromatic carbocycles. The second-order valence-corrected chi connectivity index (χ2v) is 9.53. The number of fused-ring (bicyclic) bond motifs is 1. The lowest BCUT2D eigenvalue weighted by Crippen LogP contribution is -2.30. The molecule has 5 nitrogen and oxygen atoms in total. The number of likely N-dealkylation sites (tertiary alicyclic amines) is 1. The van der Waals surface area contributed by atoms with Crippen molar-refractivity contribution in [3.05, 3.63) is 72.8 Å². The summed E-state index contributed by atoms with van der Waals surface area (Å²) in [7, 11) is 1.69. The molecule has 1 aliphatic carbocycles. The molecule has 1 saturated carbocycles. The molecular weight excluding hydrogens is 422 g/mol. The Morgan fingerprint density at radius 2 is 1.65 bits per heavy atom. The first-order chi connectivity index (χ1) is 16.7. The van der Waals surface area contributed by atoms with Crippen molar-refractivity contribution in [1.82, 2.24) is 14.5 Å². The van der Waals surface area contributed by atoms with E-state index in [0.29, 0.717) is 11.8 Å². The highest BCUT2D eigenvalue weighted by Crippen LogP contribution is 2.35. The fourth-order valence-electron chi connectivity index (χ4n) is 5.16. The number of ether oxygens (including phenoxy) is 1. The van der Waals surface area contributed by atoms with Gasteiger partial charge in [-0.05, 0) is 48.4 Å². The number of nitrogens with zero attached hydrogens (tertiary/aromatic N) is 3. The van der Waals surface area contributed by atoms with Gasteiger partial charge >= 0.3 is 0 Å². The summed E-state index contributed by atoms with van der Waals surface area (Å²) < 4.78 is 7.96. The van der Waals surface area contributed by atoms with Crippen molar-refractivity contribution in [3.8, 4) is 28.3 Å². The van der Waals surface area contributed by atoms with Gasteiger partial charge in [0.15, 0.2) is 0 Å². The van der Waals surface area contributed by atoms with E-state index < -0.39 is 0 Å². The normalized spacial score (nSPS) is 17.9. The van der Waals surface area contributed by atoms with Crippen LogP contribution in [0, 0.1) is 11.8 Å². The minimum atomic E-state index is 0.288. The Balaban J connectivity index is 1.35.